The molecule has 1 N–H and O–H groups in total. The highest BCUT2D eigenvalue weighted by molar-refractivity contribution is 8.00. The van der Waals surface area contributed by atoms with Crippen LogP contribution >= 0.6 is 11.8 Å². The molecule has 3 heteroatoms. The molecular formula is C16H34N2S. The minimum Gasteiger partial charge on any atom is -0.311 e. The van der Waals surface area contributed by atoms with Crippen molar-refractivity contribution in [1.82, 2.24) is 10.2 Å². The van der Waals surface area contributed by atoms with Gasteiger partial charge in [0.15, 0.2) is 0 Å². The predicted molar refractivity (Wildman–Crippen MR) is 89.1 cm³/mol. The van der Waals surface area contributed by atoms with E-state index in [0.717, 1.165) is 11.8 Å². The molecule has 1 rings (SSSR count). The lowest BCUT2D eigenvalue weighted by Crippen LogP contribution is -2.52. The van der Waals surface area contributed by atoms with Gasteiger partial charge in [0.05, 0.1) is 0 Å². The van der Waals surface area contributed by atoms with Crippen molar-refractivity contribution in [3.05, 3.63) is 0 Å². The van der Waals surface area contributed by atoms with E-state index in [0.29, 0.717) is 11.5 Å². The van der Waals surface area contributed by atoms with Crippen molar-refractivity contribution in [3.63, 3.8) is 0 Å². The fourth-order valence-electron chi connectivity index (χ4n) is 2.48. The second kappa shape index (κ2) is 6.82. The van der Waals surface area contributed by atoms with E-state index in [-0.39, 0.29) is 5.54 Å². The first-order valence-electron chi connectivity index (χ1n) is 7.77. The van der Waals surface area contributed by atoms with Gasteiger partial charge in [0.1, 0.15) is 0 Å². The van der Waals surface area contributed by atoms with E-state index in [1.165, 1.54) is 25.3 Å². The van der Waals surface area contributed by atoms with Crippen LogP contribution in [0.1, 0.15) is 54.9 Å². The Kier molecular flexibility index (Phi) is 6.22. The zero-order valence-corrected chi connectivity index (χ0v) is 14.9. The van der Waals surface area contributed by atoms with Gasteiger partial charge in [-0.1, -0.05) is 20.8 Å². The molecule has 1 fully saturated rings. The Labute approximate surface area is 125 Å². The fraction of sp³-hybridized carbons (Fsp3) is 1.00. The molecule has 3 atom stereocenters. The normalized spacial score (nSPS) is 29.2. The maximum atomic E-state index is 3.70. The summed E-state index contributed by atoms with van der Waals surface area (Å²) in [5.74, 6) is 1.29. The van der Waals surface area contributed by atoms with Crippen molar-refractivity contribution in [3.8, 4) is 0 Å². The summed E-state index contributed by atoms with van der Waals surface area (Å²) in [6.45, 7) is 19.9. The summed E-state index contributed by atoms with van der Waals surface area (Å²) in [5, 5.41) is 4.47. The van der Waals surface area contributed by atoms with Gasteiger partial charge in [-0.2, -0.15) is 11.8 Å². The van der Waals surface area contributed by atoms with Crippen LogP contribution in [0.2, 0.25) is 0 Å². The first kappa shape index (κ1) is 17.3. The second-order valence-electron chi connectivity index (χ2n) is 7.55. The summed E-state index contributed by atoms with van der Waals surface area (Å²) in [6, 6.07) is 0.708. The molecule has 0 amide bonds. The Bertz CT molecular complexity index is 274. The lowest BCUT2D eigenvalue weighted by Gasteiger charge is -2.43. The van der Waals surface area contributed by atoms with Crippen LogP contribution in [0.25, 0.3) is 0 Å². The molecule has 0 radical (unpaired) electrons. The first-order chi connectivity index (χ1) is 8.67. The van der Waals surface area contributed by atoms with Crippen LogP contribution in [-0.4, -0.2) is 47.1 Å². The Morgan fingerprint density at radius 1 is 1.21 bits per heavy atom. The minimum absolute atomic E-state index is 0.215. The second-order valence-corrected chi connectivity index (χ2v) is 9.04. The van der Waals surface area contributed by atoms with Gasteiger partial charge < -0.3 is 5.32 Å². The molecule has 0 saturated carbocycles. The Hall–Kier alpha value is 0.270. The van der Waals surface area contributed by atoms with E-state index in [9.17, 15) is 0 Å². The van der Waals surface area contributed by atoms with Crippen molar-refractivity contribution in [1.29, 1.82) is 0 Å². The molecule has 1 saturated heterocycles. The summed E-state index contributed by atoms with van der Waals surface area (Å²) < 4.78 is 0. The van der Waals surface area contributed by atoms with Crippen molar-refractivity contribution in [2.75, 3.05) is 25.4 Å². The smallest absolute Gasteiger partial charge is 0.0184 e. The highest BCUT2D eigenvalue weighted by Gasteiger charge is 2.32. The lowest BCUT2D eigenvalue weighted by atomic mass is 9.85. The number of nitrogens with one attached hydrogen (secondary N) is 1. The summed E-state index contributed by atoms with van der Waals surface area (Å²) in [6.07, 6.45) is 1.24. The standard InChI is InChI=1S/C16H34N2S/c1-8-16(7,11-17-15(4,5)6)12-18-9-10-19-14(3)13(18)2/h13-14,17H,8-12H2,1-7H3. The zero-order valence-electron chi connectivity index (χ0n) is 14.0. The summed E-state index contributed by atoms with van der Waals surface area (Å²) in [4.78, 5) is 2.70. The molecule has 0 aliphatic carbocycles. The predicted octanol–water partition coefficient (Wildman–Crippen LogP) is 3.62. The average Bonchev–Trinajstić information content (AvgIpc) is 2.32. The maximum Gasteiger partial charge on any atom is 0.0184 e. The Morgan fingerprint density at radius 2 is 1.84 bits per heavy atom. The van der Waals surface area contributed by atoms with Gasteiger partial charge in [0.2, 0.25) is 0 Å². The van der Waals surface area contributed by atoms with E-state index in [1.54, 1.807) is 0 Å². The van der Waals surface area contributed by atoms with Crippen LogP contribution in [0.15, 0.2) is 0 Å². The summed E-state index contributed by atoms with van der Waals surface area (Å²) in [5.41, 5.74) is 0.594. The van der Waals surface area contributed by atoms with E-state index in [1.807, 2.05) is 0 Å². The Morgan fingerprint density at radius 3 is 2.37 bits per heavy atom. The summed E-state index contributed by atoms with van der Waals surface area (Å²) in [7, 11) is 0. The molecule has 2 nitrogen and oxygen atoms in total. The molecule has 1 aliphatic heterocycles. The Balaban J connectivity index is 2.59. The molecule has 3 unspecified atom stereocenters. The van der Waals surface area contributed by atoms with Gasteiger partial charge in [0, 0.05) is 42.2 Å². The molecule has 1 aliphatic rings. The molecule has 0 bridgehead atoms. The van der Waals surface area contributed by atoms with E-state index >= 15 is 0 Å². The quantitative estimate of drug-likeness (QED) is 0.831. The van der Waals surface area contributed by atoms with E-state index in [2.05, 4.69) is 70.4 Å². The van der Waals surface area contributed by atoms with Gasteiger partial charge in [-0.25, -0.2) is 0 Å². The van der Waals surface area contributed by atoms with Crippen molar-refractivity contribution in [2.45, 2.75) is 71.7 Å². The van der Waals surface area contributed by atoms with E-state index < -0.39 is 0 Å². The van der Waals surface area contributed by atoms with Gasteiger partial charge in [-0.05, 0) is 39.5 Å². The fourth-order valence-corrected chi connectivity index (χ4v) is 3.64. The largest absolute Gasteiger partial charge is 0.311 e. The molecule has 19 heavy (non-hydrogen) atoms. The zero-order chi connectivity index (χ0) is 14.7. The molecule has 114 valence electrons. The third-order valence-corrected chi connectivity index (χ3v) is 5.84. The van der Waals surface area contributed by atoms with Crippen LogP contribution in [0.5, 0.6) is 0 Å². The van der Waals surface area contributed by atoms with Gasteiger partial charge in [-0.15, -0.1) is 0 Å². The monoisotopic (exact) mass is 286 g/mol. The molecule has 1 heterocycles. The highest BCUT2D eigenvalue weighted by atomic mass is 32.2. The summed E-state index contributed by atoms with van der Waals surface area (Å²) >= 11 is 2.12. The van der Waals surface area contributed by atoms with Crippen LogP contribution in [0.3, 0.4) is 0 Å². The van der Waals surface area contributed by atoms with Gasteiger partial charge in [0.25, 0.3) is 0 Å². The maximum absolute atomic E-state index is 3.70. The van der Waals surface area contributed by atoms with Crippen molar-refractivity contribution >= 4 is 11.8 Å². The molecule has 0 aromatic carbocycles. The van der Waals surface area contributed by atoms with Crippen molar-refractivity contribution < 1.29 is 0 Å². The number of thioether (sulfide) groups is 1. The highest BCUT2D eigenvalue weighted by Crippen LogP contribution is 2.29. The topological polar surface area (TPSA) is 15.3 Å². The van der Waals surface area contributed by atoms with Gasteiger partial charge >= 0.3 is 0 Å². The third kappa shape index (κ3) is 5.65. The first-order valence-corrected chi connectivity index (χ1v) is 8.82. The van der Waals surface area contributed by atoms with Gasteiger partial charge in [-0.3, -0.25) is 4.90 Å². The van der Waals surface area contributed by atoms with E-state index in [4.69, 9.17) is 0 Å². The molecule has 0 aromatic heterocycles. The SMILES string of the molecule is CCC(C)(CNC(C)(C)C)CN1CCSC(C)C1C. The third-order valence-electron chi connectivity index (χ3n) is 4.50. The van der Waals surface area contributed by atoms with Crippen molar-refractivity contribution in [2.24, 2.45) is 5.41 Å². The van der Waals surface area contributed by atoms with Crippen LogP contribution in [0.4, 0.5) is 0 Å². The van der Waals surface area contributed by atoms with Crippen LogP contribution in [0, 0.1) is 5.41 Å². The minimum atomic E-state index is 0.215. The number of hydrogen-bond donors (Lipinski definition) is 1. The lowest BCUT2D eigenvalue weighted by molar-refractivity contribution is 0.117. The van der Waals surface area contributed by atoms with Crippen LogP contribution in [-0.2, 0) is 0 Å². The molecule has 0 spiro atoms. The molecule has 0 aromatic rings. The number of nitrogens with zero attached hydrogens (tertiary/aromatic N) is 1. The average molecular weight is 287 g/mol. The number of hydrogen-bond acceptors (Lipinski definition) is 3. The number of rotatable bonds is 5. The molecular weight excluding hydrogens is 252 g/mol. The van der Waals surface area contributed by atoms with Crippen LogP contribution < -0.4 is 5.32 Å².